The average Bonchev–Trinajstić information content (AvgIpc) is 2.44. The Balaban J connectivity index is 1.76. The van der Waals surface area contributed by atoms with Gasteiger partial charge in [0.05, 0.1) is 5.75 Å². The molecular formula is C15H16N2OS. The highest BCUT2D eigenvalue weighted by atomic mass is 32.2. The van der Waals surface area contributed by atoms with Crippen LogP contribution in [0.1, 0.15) is 5.56 Å². The third-order valence-corrected chi connectivity index (χ3v) is 3.55. The van der Waals surface area contributed by atoms with Crippen LogP contribution in [0.25, 0.3) is 0 Å². The number of nitrogens with one attached hydrogen (secondary N) is 1. The highest BCUT2D eigenvalue weighted by Crippen LogP contribution is 2.19. The van der Waals surface area contributed by atoms with E-state index in [1.165, 1.54) is 11.8 Å². The Morgan fingerprint density at radius 1 is 1.11 bits per heavy atom. The van der Waals surface area contributed by atoms with E-state index in [0.29, 0.717) is 12.3 Å². The number of thioether (sulfide) groups is 1. The fraction of sp³-hybridized carbons (Fsp3) is 0.133. The van der Waals surface area contributed by atoms with E-state index in [4.69, 9.17) is 5.73 Å². The second-order valence-corrected chi connectivity index (χ2v) is 5.17. The molecule has 0 fully saturated rings. The van der Waals surface area contributed by atoms with E-state index in [-0.39, 0.29) is 5.91 Å². The Morgan fingerprint density at radius 2 is 1.89 bits per heavy atom. The van der Waals surface area contributed by atoms with Crippen molar-refractivity contribution in [3.63, 3.8) is 0 Å². The number of carbonyl (C=O) groups excluding carboxylic acids is 1. The van der Waals surface area contributed by atoms with Gasteiger partial charge in [0.1, 0.15) is 0 Å². The van der Waals surface area contributed by atoms with Gasteiger partial charge in [-0.1, -0.05) is 36.4 Å². The van der Waals surface area contributed by atoms with Crippen LogP contribution in [0.4, 0.5) is 5.69 Å². The monoisotopic (exact) mass is 272 g/mol. The zero-order valence-electron chi connectivity index (χ0n) is 10.5. The minimum Gasteiger partial charge on any atom is -0.399 e. The molecule has 0 heterocycles. The predicted octanol–water partition coefficient (Wildman–Crippen LogP) is 2.68. The topological polar surface area (TPSA) is 55.1 Å². The lowest BCUT2D eigenvalue weighted by molar-refractivity contribution is -0.118. The van der Waals surface area contributed by atoms with Gasteiger partial charge in [-0.25, -0.2) is 0 Å². The minimum absolute atomic E-state index is 0.0243. The molecule has 98 valence electrons. The van der Waals surface area contributed by atoms with Gasteiger partial charge in [0.2, 0.25) is 5.91 Å². The van der Waals surface area contributed by atoms with Crippen LogP contribution in [0.2, 0.25) is 0 Å². The first-order chi connectivity index (χ1) is 9.24. The van der Waals surface area contributed by atoms with Crippen LogP contribution < -0.4 is 11.1 Å². The van der Waals surface area contributed by atoms with E-state index in [9.17, 15) is 4.79 Å². The van der Waals surface area contributed by atoms with Gasteiger partial charge in [-0.05, 0) is 23.8 Å². The summed E-state index contributed by atoms with van der Waals surface area (Å²) in [4.78, 5) is 12.7. The summed E-state index contributed by atoms with van der Waals surface area (Å²) in [7, 11) is 0. The van der Waals surface area contributed by atoms with E-state index in [2.05, 4.69) is 5.32 Å². The van der Waals surface area contributed by atoms with Crippen LogP contribution in [0.15, 0.2) is 59.5 Å². The third-order valence-electron chi connectivity index (χ3n) is 2.56. The van der Waals surface area contributed by atoms with Crippen molar-refractivity contribution in [3.05, 3.63) is 60.2 Å². The Morgan fingerprint density at radius 3 is 2.63 bits per heavy atom. The van der Waals surface area contributed by atoms with Gasteiger partial charge in [0.25, 0.3) is 0 Å². The Kier molecular flexibility index (Phi) is 4.86. The molecule has 0 aromatic heterocycles. The van der Waals surface area contributed by atoms with Crippen molar-refractivity contribution in [1.29, 1.82) is 0 Å². The highest BCUT2D eigenvalue weighted by Gasteiger charge is 2.03. The standard InChI is InChI=1S/C15H16N2OS/c16-13-7-4-8-14(9-13)19-11-15(18)17-10-12-5-2-1-3-6-12/h1-9H,10-11,16H2,(H,17,18). The van der Waals surface area contributed by atoms with Gasteiger partial charge in [-0.2, -0.15) is 0 Å². The van der Waals surface area contributed by atoms with Crippen molar-refractivity contribution in [2.75, 3.05) is 11.5 Å². The van der Waals surface area contributed by atoms with Gasteiger partial charge in [-0.15, -0.1) is 11.8 Å². The average molecular weight is 272 g/mol. The van der Waals surface area contributed by atoms with Crippen LogP contribution in [0.5, 0.6) is 0 Å². The molecule has 0 aliphatic rings. The lowest BCUT2D eigenvalue weighted by Crippen LogP contribution is -2.24. The predicted molar refractivity (Wildman–Crippen MR) is 79.9 cm³/mol. The third kappa shape index (κ3) is 4.67. The molecule has 0 radical (unpaired) electrons. The first-order valence-corrected chi connectivity index (χ1v) is 7.01. The van der Waals surface area contributed by atoms with Crippen molar-refractivity contribution in [3.8, 4) is 0 Å². The van der Waals surface area contributed by atoms with Gasteiger partial charge >= 0.3 is 0 Å². The van der Waals surface area contributed by atoms with E-state index >= 15 is 0 Å². The van der Waals surface area contributed by atoms with Crippen molar-refractivity contribution in [1.82, 2.24) is 5.32 Å². The van der Waals surface area contributed by atoms with Crippen molar-refractivity contribution in [2.45, 2.75) is 11.4 Å². The van der Waals surface area contributed by atoms with Gasteiger partial charge < -0.3 is 11.1 Å². The molecule has 0 aliphatic carbocycles. The summed E-state index contributed by atoms with van der Waals surface area (Å²) in [5, 5.41) is 2.89. The SMILES string of the molecule is Nc1cccc(SCC(=O)NCc2ccccc2)c1. The van der Waals surface area contributed by atoms with Gasteiger partial charge in [-0.3, -0.25) is 4.79 Å². The number of nitrogens with two attached hydrogens (primary N) is 1. The minimum atomic E-state index is 0.0243. The van der Waals surface area contributed by atoms with Crippen LogP contribution in [0.3, 0.4) is 0 Å². The molecule has 4 heteroatoms. The largest absolute Gasteiger partial charge is 0.399 e. The molecule has 3 N–H and O–H groups in total. The van der Waals surface area contributed by atoms with Gasteiger partial charge in [0, 0.05) is 17.1 Å². The van der Waals surface area contributed by atoms with E-state index in [0.717, 1.165) is 16.1 Å². The summed E-state index contributed by atoms with van der Waals surface area (Å²) in [5.41, 5.74) is 7.50. The molecular weight excluding hydrogens is 256 g/mol. The summed E-state index contributed by atoms with van der Waals surface area (Å²) in [6, 6.07) is 17.4. The highest BCUT2D eigenvalue weighted by molar-refractivity contribution is 8.00. The number of hydrogen-bond acceptors (Lipinski definition) is 3. The molecule has 2 aromatic carbocycles. The molecule has 0 atom stereocenters. The molecule has 0 unspecified atom stereocenters. The maximum Gasteiger partial charge on any atom is 0.230 e. The lowest BCUT2D eigenvalue weighted by Gasteiger charge is -2.05. The summed E-state index contributed by atoms with van der Waals surface area (Å²) < 4.78 is 0. The summed E-state index contributed by atoms with van der Waals surface area (Å²) in [6.07, 6.45) is 0. The fourth-order valence-electron chi connectivity index (χ4n) is 1.60. The Bertz CT molecular complexity index is 543. The first kappa shape index (κ1) is 13.5. The number of nitrogen functional groups attached to an aromatic ring is 1. The van der Waals surface area contributed by atoms with Crippen LogP contribution in [0, 0.1) is 0 Å². The van der Waals surface area contributed by atoms with E-state index in [1.54, 1.807) is 0 Å². The molecule has 3 nitrogen and oxygen atoms in total. The molecule has 0 saturated carbocycles. The molecule has 0 spiro atoms. The second-order valence-electron chi connectivity index (χ2n) is 4.12. The summed E-state index contributed by atoms with van der Waals surface area (Å²) >= 11 is 1.49. The molecule has 19 heavy (non-hydrogen) atoms. The van der Waals surface area contributed by atoms with Gasteiger partial charge in [0.15, 0.2) is 0 Å². The lowest BCUT2D eigenvalue weighted by atomic mass is 10.2. The fourth-order valence-corrected chi connectivity index (χ4v) is 2.39. The van der Waals surface area contributed by atoms with E-state index in [1.807, 2.05) is 54.6 Å². The summed E-state index contributed by atoms with van der Waals surface area (Å²) in [5.74, 6) is 0.423. The first-order valence-electron chi connectivity index (χ1n) is 6.03. The zero-order valence-corrected chi connectivity index (χ0v) is 11.3. The molecule has 0 aliphatic heterocycles. The Labute approximate surface area is 117 Å². The van der Waals surface area contributed by atoms with Crippen LogP contribution in [-0.2, 0) is 11.3 Å². The molecule has 2 aromatic rings. The molecule has 2 rings (SSSR count). The number of benzene rings is 2. The Hall–Kier alpha value is -1.94. The van der Waals surface area contributed by atoms with Crippen LogP contribution in [-0.4, -0.2) is 11.7 Å². The second kappa shape index (κ2) is 6.85. The number of amides is 1. The van der Waals surface area contributed by atoms with E-state index < -0.39 is 0 Å². The quantitative estimate of drug-likeness (QED) is 0.650. The number of anilines is 1. The smallest absolute Gasteiger partial charge is 0.230 e. The van der Waals surface area contributed by atoms with Crippen molar-refractivity contribution >= 4 is 23.4 Å². The normalized spacial score (nSPS) is 10.1. The maximum absolute atomic E-state index is 11.7. The maximum atomic E-state index is 11.7. The van der Waals surface area contributed by atoms with Crippen molar-refractivity contribution in [2.24, 2.45) is 0 Å². The molecule has 0 bridgehead atoms. The summed E-state index contributed by atoms with van der Waals surface area (Å²) in [6.45, 7) is 0.567. The molecule has 1 amide bonds. The zero-order chi connectivity index (χ0) is 13.5. The number of hydrogen-bond donors (Lipinski definition) is 2. The number of rotatable bonds is 5. The van der Waals surface area contributed by atoms with Crippen LogP contribution >= 0.6 is 11.8 Å². The number of carbonyl (C=O) groups is 1. The van der Waals surface area contributed by atoms with Crippen molar-refractivity contribution < 1.29 is 4.79 Å². The molecule has 0 saturated heterocycles.